The van der Waals surface area contributed by atoms with E-state index in [-0.39, 0.29) is 11.7 Å². The fraction of sp³-hybridized carbons (Fsp3) is 0.250. The fourth-order valence-corrected chi connectivity index (χ4v) is 3.56. The first kappa shape index (κ1) is 19.0. The first-order chi connectivity index (χ1) is 13.1. The Bertz CT molecular complexity index is 981. The van der Waals surface area contributed by atoms with Gasteiger partial charge < -0.3 is 9.30 Å². The molecule has 140 valence electrons. The second-order valence-electron chi connectivity index (χ2n) is 5.88. The van der Waals surface area contributed by atoms with E-state index in [2.05, 4.69) is 27.0 Å². The third-order valence-electron chi connectivity index (χ3n) is 4.10. The molecule has 0 bridgehead atoms. The summed E-state index contributed by atoms with van der Waals surface area (Å²) in [5.41, 5.74) is 6.24. The van der Waals surface area contributed by atoms with Crippen molar-refractivity contribution in [3.05, 3.63) is 54.1 Å². The van der Waals surface area contributed by atoms with Crippen LogP contribution in [0.5, 0.6) is 5.75 Å². The number of ether oxygens (including phenoxy) is 1. The Morgan fingerprint density at radius 3 is 2.85 bits per heavy atom. The van der Waals surface area contributed by atoms with Crippen LogP contribution in [0.1, 0.15) is 19.4 Å². The number of nitrogens with zero attached hydrogens (tertiary/aromatic N) is 3. The summed E-state index contributed by atoms with van der Waals surface area (Å²) in [5, 5.41) is 5.02. The lowest BCUT2D eigenvalue weighted by Gasteiger charge is -2.06. The molecule has 0 atom stereocenters. The van der Waals surface area contributed by atoms with E-state index >= 15 is 0 Å². The minimum atomic E-state index is -0.169. The smallest absolute Gasteiger partial charge is 0.250 e. The molecule has 27 heavy (non-hydrogen) atoms. The Hall–Kier alpha value is -2.80. The highest BCUT2D eigenvalue weighted by Crippen LogP contribution is 2.23. The van der Waals surface area contributed by atoms with E-state index in [9.17, 15) is 4.79 Å². The molecule has 0 spiro atoms. The van der Waals surface area contributed by atoms with Crippen molar-refractivity contribution in [2.45, 2.75) is 25.5 Å². The number of benzene rings is 2. The van der Waals surface area contributed by atoms with Gasteiger partial charge >= 0.3 is 0 Å². The zero-order chi connectivity index (χ0) is 19.2. The number of aryl methyl sites for hydroxylation is 1. The van der Waals surface area contributed by atoms with Gasteiger partial charge in [-0.25, -0.2) is 10.4 Å². The summed E-state index contributed by atoms with van der Waals surface area (Å²) in [7, 11) is 1.62. The van der Waals surface area contributed by atoms with Gasteiger partial charge in [-0.2, -0.15) is 5.10 Å². The van der Waals surface area contributed by atoms with E-state index in [0.29, 0.717) is 5.71 Å². The third-order valence-corrected chi connectivity index (χ3v) is 5.08. The number of hydrogen-bond donors (Lipinski definition) is 1. The average Bonchev–Trinajstić information content (AvgIpc) is 3.07. The van der Waals surface area contributed by atoms with Gasteiger partial charge in [0, 0.05) is 12.1 Å². The molecule has 1 aromatic heterocycles. The van der Waals surface area contributed by atoms with Crippen molar-refractivity contribution in [1.29, 1.82) is 0 Å². The maximum absolute atomic E-state index is 12.2. The largest absolute Gasteiger partial charge is 0.497 e. The van der Waals surface area contributed by atoms with Crippen molar-refractivity contribution >= 4 is 34.4 Å². The Balaban J connectivity index is 1.63. The molecule has 7 heteroatoms. The van der Waals surface area contributed by atoms with E-state index in [4.69, 9.17) is 4.74 Å². The van der Waals surface area contributed by atoms with Crippen molar-refractivity contribution in [3.8, 4) is 5.75 Å². The summed E-state index contributed by atoms with van der Waals surface area (Å²) < 4.78 is 7.32. The average molecular weight is 382 g/mol. The predicted octanol–water partition coefficient (Wildman–Crippen LogP) is 3.70. The molecule has 1 N–H and O–H groups in total. The highest BCUT2D eigenvalue weighted by Gasteiger charge is 2.11. The lowest BCUT2D eigenvalue weighted by molar-refractivity contribution is -0.118. The Morgan fingerprint density at radius 1 is 1.26 bits per heavy atom. The second kappa shape index (κ2) is 8.73. The minimum absolute atomic E-state index is 0.169. The van der Waals surface area contributed by atoms with Crippen LogP contribution in [0.4, 0.5) is 0 Å². The van der Waals surface area contributed by atoms with Crippen LogP contribution in [0, 0.1) is 0 Å². The summed E-state index contributed by atoms with van der Waals surface area (Å²) in [4.78, 5) is 16.8. The van der Waals surface area contributed by atoms with Gasteiger partial charge in [0.25, 0.3) is 5.91 Å². The number of amides is 1. The summed E-state index contributed by atoms with van der Waals surface area (Å²) in [6, 6.07) is 15.5. The number of hydrogen-bond acceptors (Lipinski definition) is 5. The number of carbonyl (C=O) groups excluding carboxylic acids is 1. The van der Waals surface area contributed by atoms with E-state index in [1.54, 1.807) is 7.11 Å². The maximum atomic E-state index is 12.2. The topological polar surface area (TPSA) is 68.5 Å². The van der Waals surface area contributed by atoms with Gasteiger partial charge in [0.1, 0.15) is 5.75 Å². The van der Waals surface area contributed by atoms with Gasteiger partial charge in [-0.1, -0.05) is 36.0 Å². The molecule has 1 heterocycles. The van der Waals surface area contributed by atoms with Gasteiger partial charge in [0.05, 0.1) is 29.6 Å². The number of hydrazone groups is 1. The van der Waals surface area contributed by atoms with E-state index in [0.717, 1.165) is 34.0 Å². The second-order valence-corrected chi connectivity index (χ2v) is 6.82. The molecule has 0 unspecified atom stereocenters. The first-order valence-corrected chi connectivity index (χ1v) is 9.66. The Morgan fingerprint density at radius 2 is 2.07 bits per heavy atom. The minimum Gasteiger partial charge on any atom is -0.497 e. The van der Waals surface area contributed by atoms with Gasteiger partial charge in [-0.15, -0.1) is 0 Å². The molecule has 0 aliphatic rings. The van der Waals surface area contributed by atoms with E-state index in [1.165, 1.54) is 11.8 Å². The molecular formula is C20H22N4O2S. The SMILES string of the molecule is CCn1c(SCC(=O)NN=C(C)c2cccc(OC)c2)nc2ccccc21. The number of imidazole rings is 1. The molecule has 1 amide bonds. The lowest BCUT2D eigenvalue weighted by atomic mass is 10.1. The number of rotatable bonds is 7. The molecule has 0 fully saturated rings. The van der Waals surface area contributed by atoms with Crippen LogP contribution in [-0.4, -0.2) is 34.0 Å². The van der Waals surface area contributed by atoms with Crippen LogP contribution in [0.25, 0.3) is 11.0 Å². The summed E-state index contributed by atoms with van der Waals surface area (Å²) in [6.07, 6.45) is 0. The van der Waals surface area contributed by atoms with Crippen LogP contribution in [0.15, 0.2) is 58.8 Å². The predicted molar refractivity (Wildman–Crippen MR) is 109 cm³/mol. The molecule has 2 aromatic carbocycles. The summed E-state index contributed by atoms with van der Waals surface area (Å²) in [5.74, 6) is 0.831. The molecule has 0 saturated heterocycles. The highest BCUT2D eigenvalue weighted by molar-refractivity contribution is 7.99. The molecule has 3 aromatic rings. The van der Waals surface area contributed by atoms with Crippen LogP contribution in [0.3, 0.4) is 0 Å². The monoisotopic (exact) mass is 382 g/mol. The highest BCUT2D eigenvalue weighted by atomic mass is 32.2. The van der Waals surface area contributed by atoms with Gasteiger partial charge in [0.2, 0.25) is 0 Å². The normalized spacial score (nSPS) is 11.6. The van der Waals surface area contributed by atoms with Crippen LogP contribution >= 0.6 is 11.8 Å². The number of carbonyl (C=O) groups is 1. The number of thioether (sulfide) groups is 1. The van der Waals surface area contributed by atoms with Gasteiger partial charge in [0.15, 0.2) is 5.16 Å². The van der Waals surface area contributed by atoms with Crippen molar-refractivity contribution in [1.82, 2.24) is 15.0 Å². The number of methoxy groups -OCH3 is 1. The van der Waals surface area contributed by atoms with Crippen molar-refractivity contribution in [2.24, 2.45) is 5.10 Å². The zero-order valence-electron chi connectivity index (χ0n) is 15.6. The molecule has 6 nitrogen and oxygen atoms in total. The summed E-state index contributed by atoms with van der Waals surface area (Å²) >= 11 is 1.41. The van der Waals surface area contributed by atoms with Crippen molar-refractivity contribution in [2.75, 3.05) is 12.9 Å². The molecule has 0 saturated carbocycles. The van der Waals surface area contributed by atoms with Crippen LogP contribution < -0.4 is 10.2 Å². The van der Waals surface area contributed by atoms with E-state index in [1.807, 2.05) is 55.5 Å². The van der Waals surface area contributed by atoms with Gasteiger partial charge in [-0.05, 0) is 38.1 Å². The number of fused-ring (bicyclic) bond motifs is 1. The molecule has 0 aliphatic carbocycles. The molecule has 0 radical (unpaired) electrons. The zero-order valence-corrected chi connectivity index (χ0v) is 16.4. The number of aromatic nitrogens is 2. The third kappa shape index (κ3) is 4.49. The van der Waals surface area contributed by atoms with Crippen molar-refractivity contribution < 1.29 is 9.53 Å². The standard InChI is InChI=1S/C20H22N4O2S/c1-4-24-18-11-6-5-10-17(18)21-20(24)27-13-19(25)23-22-14(2)15-8-7-9-16(12-15)26-3/h5-12H,4,13H2,1-3H3,(H,23,25). The molecule has 0 aliphatic heterocycles. The Labute approximate surface area is 162 Å². The van der Waals surface area contributed by atoms with Crippen molar-refractivity contribution in [3.63, 3.8) is 0 Å². The van der Waals surface area contributed by atoms with Gasteiger partial charge in [-0.3, -0.25) is 4.79 Å². The number of para-hydroxylation sites is 2. The molecule has 3 rings (SSSR count). The molecular weight excluding hydrogens is 360 g/mol. The number of nitrogens with one attached hydrogen (secondary N) is 1. The van der Waals surface area contributed by atoms with E-state index < -0.39 is 0 Å². The Kier molecular flexibility index (Phi) is 6.13. The lowest BCUT2D eigenvalue weighted by Crippen LogP contribution is -2.21. The maximum Gasteiger partial charge on any atom is 0.250 e. The quantitative estimate of drug-likeness (QED) is 0.384. The summed E-state index contributed by atoms with van der Waals surface area (Å²) in [6.45, 7) is 4.72. The first-order valence-electron chi connectivity index (χ1n) is 8.68. The van der Waals surface area contributed by atoms with Crippen LogP contribution in [-0.2, 0) is 11.3 Å². The van der Waals surface area contributed by atoms with Crippen LogP contribution in [0.2, 0.25) is 0 Å². The fourth-order valence-electron chi connectivity index (χ4n) is 2.69.